The van der Waals surface area contributed by atoms with Gasteiger partial charge in [-0.25, -0.2) is 0 Å². The Morgan fingerprint density at radius 2 is 1.89 bits per heavy atom. The van der Waals surface area contributed by atoms with E-state index in [1.54, 1.807) is 0 Å². The van der Waals surface area contributed by atoms with Crippen LogP contribution in [0.5, 0.6) is 0 Å². The van der Waals surface area contributed by atoms with E-state index in [4.69, 9.17) is 5.73 Å². The summed E-state index contributed by atoms with van der Waals surface area (Å²) in [6.07, 6.45) is 6.68. The Hall–Kier alpha value is -0.570. The number of hydrogen-bond acceptors (Lipinski definition) is 2. The molecular weight excluding hydrogens is 224 g/mol. The van der Waals surface area contributed by atoms with Crippen molar-refractivity contribution < 1.29 is 4.79 Å². The van der Waals surface area contributed by atoms with Gasteiger partial charge in [-0.2, -0.15) is 0 Å². The first-order chi connectivity index (χ1) is 8.54. The lowest BCUT2D eigenvalue weighted by molar-refractivity contribution is -0.134. The Balaban J connectivity index is 2.54. The zero-order valence-electron chi connectivity index (χ0n) is 12.3. The van der Waals surface area contributed by atoms with Crippen LogP contribution in [0.3, 0.4) is 0 Å². The highest BCUT2D eigenvalue weighted by Crippen LogP contribution is 2.25. The molecule has 3 nitrogen and oxygen atoms in total. The van der Waals surface area contributed by atoms with E-state index >= 15 is 0 Å². The lowest BCUT2D eigenvalue weighted by Crippen LogP contribution is -2.41. The SMILES string of the molecule is CC(C)CCN(C(=O)CC(C)CN)C1CCCC1. The monoisotopic (exact) mass is 254 g/mol. The van der Waals surface area contributed by atoms with Crippen molar-refractivity contribution in [3.8, 4) is 0 Å². The molecule has 0 radical (unpaired) electrons. The molecule has 0 saturated heterocycles. The molecule has 3 heteroatoms. The minimum atomic E-state index is 0.306. The molecule has 1 fully saturated rings. The Labute approximate surface area is 112 Å². The van der Waals surface area contributed by atoms with Crippen LogP contribution < -0.4 is 5.73 Å². The van der Waals surface area contributed by atoms with Crippen molar-refractivity contribution in [1.29, 1.82) is 0 Å². The molecule has 1 aliphatic carbocycles. The first kappa shape index (κ1) is 15.5. The van der Waals surface area contributed by atoms with Gasteiger partial charge in [-0.1, -0.05) is 33.6 Å². The van der Waals surface area contributed by atoms with Crippen molar-refractivity contribution in [2.24, 2.45) is 17.6 Å². The smallest absolute Gasteiger partial charge is 0.223 e. The zero-order chi connectivity index (χ0) is 13.5. The predicted octanol–water partition coefficient (Wildman–Crippen LogP) is 2.79. The van der Waals surface area contributed by atoms with Crippen molar-refractivity contribution in [1.82, 2.24) is 4.90 Å². The van der Waals surface area contributed by atoms with Gasteiger partial charge in [-0.3, -0.25) is 4.79 Å². The molecule has 1 amide bonds. The lowest BCUT2D eigenvalue weighted by Gasteiger charge is -2.30. The number of carbonyl (C=O) groups is 1. The van der Waals surface area contributed by atoms with Gasteiger partial charge in [-0.05, 0) is 37.6 Å². The van der Waals surface area contributed by atoms with Gasteiger partial charge in [0.15, 0.2) is 0 Å². The summed E-state index contributed by atoms with van der Waals surface area (Å²) in [5, 5.41) is 0. The van der Waals surface area contributed by atoms with Crippen LogP contribution in [-0.2, 0) is 4.79 Å². The largest absolute Gasteiger partial charge is 0.340 e. The fraction of sp³-hybridized carbons (Fsp3) is 0.933. The summed E-state index contributed by atoms with van der Waals surface area (Å²) in [5.74, 6) is 1.29. The number of nitrogens with zero attached hydrogens (tertiary/aromatic N) is 1. The average molecular weight is 254 g/mol. The number of nitrogens with two attached hydrogens (primary N) is 1. The molecule has 18 heavy (non-hydrogen) atoms. The van der Waals surface area contributed by atoms with Gasteiger partial charge < -0.3 is 10.6 Å². The van der Waals surface area contributed by atoms with Crippen molar-refractivity contribution >= 4 is 5.91 Å². The third-order valence-electron chi connectivity index (χ3n) is 3.96. The van der Waals surface area contributed by atoms with E-state index in [-0.39, 0.29) is 0 Å². The van der Waals surface area contributed by atoms with Gasteiger partial charge in [-0.15, -0.1) is 0 Å². The minimum absolute atomic E-state index is 0.306. The van der Waals surface area contributed by atoms with Gasteiger partial charge in [0, 0.05) is 19.0 Å². The van der Waals surface area contributed by atoms with Crippen LogP contribution in [-0.4, -0.2) is 29.9 Å². The third kappa shape index (κ3) is 4.97. The predicted molar refractivity (Wildman–Crippen MR) is 76.3 cm³/mol. The summed E-state index contributed by atoms with van der Waals surface area (Å²) < 4.78 is 0. The van der Waals surface area contributed by atoms with Crippen molar-refractivity contribution in [3.05, 3.63) is 0 Å². The highest BCUT2D eigenvalue weighted by atomic mass is 16.2. The third-order valence-corrected chi connectivity index (χ3v) is 3.96. The second-order valence-corrected chi connectivity index (χ2v) is 6.25. The number of amides is 1. The summed E-state index contributed by atoms with van der Waals surface area (Å²) in [5.41, 5.74) is 5.63. The van der Waals surface area contributed by atoms with Crippen LogP contribution in [0.15, 0.2) is 0 Å². The average Bonchev–Trinajstić information content (AvgIpc) is 2.82. The minimum Gasteiger partial charge on any atom is -0.340 e. The number of carbonyl (C=O) groups excluding carboxylic acids is 1. The van der Waals surface area contributed by atoms with E-state index in [0.717, 1.165) is 13.0 Å². The topological polar surface area (TPSA) is 46.3 Å². The second kappa shape index (κ2) is 7.78. The summed E-state index contributed by atoms with van der Waals surface area (Å²) in [6, 6.07) is 0.501. The van der Waals surface area contributed by atoms with Crippen LogP contribution in [0.25, 0.3) is 0 Å². The van der Waals surface area contributed by atoms with E-state index in [9.17, 15) is 4.79 Å². The maximum Gasteiger partial charge on any atom is 0.223 e. The first-order valence-corrected chi connectivity index (χ1v) is 7.54. The molecule has 0 aromatic rings. The van der Waals surface area contributed by atoms with Crippen LogP contribution in [0.2, 0.25) is 0 Å². The molecule has 0 heterocycles. The Morgan fingerprint density at radius 1 is 1.28 bits per heavy atom. The molecule has 0 bridgehead atoms. The molecule has 106 valence electrons. The molecule has 0 spiro atoms. The van der Waals surface area contributed by atoms with E-state index in [1.807, 2.05) is 0 Å². The lowest BCUT2D eigenvalue weighted by atomic mass is 10.0. The van der Waals surface area contributed by atoms with Crippen LogP contribution in [0.1, 0.15) is 59.3 Å². The van der Waals surface area contributed by atoms with Gasteiger partial charge in [0.1, 0.15) is 0 Å². The fourth-order valence-electron chi connectivity index (χ4n) is 2.62. The van der Waals surface area contributed by atoms with Crippen molar-refractivity contribution in [3.63, 3.8) is 0 Å². The van der Waals surface area contributed by atoms with Gasteiger partial charge in [0.2, 0.25) is 5.91 Å². The molecule has 2 N–H and O–H groups in total. The second-order valence-electron chi connectivity index (χ2n) is 6.25. The van der Waals surface area contributed by atoms with E-state index in [1.165, 1.54) is 25.7 Å². The fourth-order valence-corrected chi connectivity index (χ4v) is 2.62. The summed E-state index contributed by atoms with van der Waals surface area (Å²) in [7, 11) is 0. The number of rotatable bonds is 7. The summed E-state index contributed by atoms with van der Waals surface area (Å²) in [6.45, 7) is 8.04. The Morgan fingerprint density at radius 3 is 2.39 bits per heavy atom. The number of hydrogen-bond donors (Lipinski definition) is 1. The molecule has 0 aliphatic heterocycles. The summed E-state index contributed by atoms with van der Waals surface area (Å²) in [4.78, 5) is 14.5. The van der Waals surface area contributed by atoms with Crippen LogP contribution >= 0.6 is 0 Å². The van der Waals surface area contributed by atoms with Crippen LogP contribution in [0, 0.1) is 11.8 Å². The molecular formula is C15H30N2O. The van der Waals surface area contributed by atoms with Gasteiger partial charge in [0.05, 0.1) is 0 Å². The standard InChI is InChI=1S/C15H30N2O/c1-12(2)8-9-17(14-6-4-5-7-14)15(18)10-13(3)11-16/h12-14H,4-11,16H2,1-3H3. The first-order valence-electron chi connectivity index (χ1n) is 7.54. The maximum atomic E-state index is 12.4. The van der Waals surface area contributed by atoms with Gasteiger partial charge in [0.25, 0.3) is 0 Å². The highest BCUT2D eigenvalue weighted by molar-refractivity contribution is 5.76. The van der Waals surface area contributed by atoms with E-state index in [0.29, 0.717) is 36.8 Å². The zero-order valence-corrected chi connectivity index (χ0v) is 12.3. The van der Waals surface area contributed by atoms with Crippen molar-refractivity contribution in [2.75, 3.05) is 13.1 Å². The van der Waals surface area contributed by atoms with Crippen LogP contribution in [0.4, 0.5) is 0 Å². The van der Waals surface area contributed by atoms with E-state index < -0.39 is 0 Å². The molecule has 0 aromatic carbocycles. The Bertz CT molecular complexity index is 247. The molecule has 1 rings (SSSR count). The highest BCUT2D eigenvalue weighted by Gasteiger charge is 2.26. The molecule has 1 saturated carbocycles. The van der Waals surface area contributed by atoms with E-state index in [2.05, 4.69) is 25.7 Å². The molecule has 1 atom stereocenters. The Kier molecular flexibility index (Phi) is 6.69. The normalized spacial score (nSPS) is 18.3. The quantitative estimate of drug-likeness (QED) is 0.759. The summed E-state index contributed by atoms with van der Waals surface area (Å²) >= 11 is 0. The van der Waals surface area contributed by atoms with Crippen molar-refractivity contribution in [2.45, 2.75) is 65.3 Å². The maximum absolute atomic E-state index is 12.4. The molecule has 1 unspecified atom stereocenters. The molecule has 1 aliphatic rings. The van der Waals surface area contributed by atoms with Gasteiger partial charge >= 0.3 is 0 Å². The molecule has 0 aromatic heterocycles.